The summed E-state index contributed by atoms with van der Waals surface area (Å²) in [6.45, 7) is 23.2. The molecule has 4 heterocycles. The van der Waals surface area contributed by atoms with Crippen LogP contribution >= 0.6 is 0 Å². The number of quaternary nitrogens is 2. The Morgan fingerprint density at radius 3 is 0.873 bits per heavy atom. The zero-order chi connectivity index (χ0) is 102. The molecule has 0 aromatic carbocycles. The summed E-state index contributed by atoms with van der Waals surface area (Å²) in [5.74, 6) is -19.5. The van der Waals surface area contributed by atoms with Gasteiger partial charge >= 0.3 is 157 Å². The van der Waals surface area contributed by atoms with Crippen LogP contribution in [0.2, 0.25) is 0 Å². The minimum absolute atomic E-state index is 0. The summed E-state index contributed by atoms with van der Waals surface area (Å²) in [7, 11) is 3.63. The topological polar surface area (TPSA) is 883 Å². The number of amides is 8. The minimum atomic E-state index is -1.75. The summed E-state index contributed by atoms with van der Waals surface area (Å²) in [5, 5.41) is 134. The number of aliphatic carboxylic acids is 13. The van der Waals surface area contributed by atoms with Crippen molar-refractivity contribution in [3.63, 3.8) is 0 Å². The van der Waals surface area contributed by atoms with E-state index >= 15 is 0 Å². The van der Waals surface area contributed by atoms with Crippen LogP contribution in [0.15, 0.2) is 49.6 Å². The number of nitrogens with two attached hydrogens (primary N) is 1. The zero-order valence-corrected chi connectivity index (χ0v) is 75.2. The van der Waals surface area contributed by atoms with Crippen molar-refractivity contribution in [1.82, 2.24) is 79.9 Å². The number of hydrogen-bond acceptors (Lipinski definition) is 24. The standard InChI is InChI=1S/C38H52N10O20.C31H47N9O12.6CO.2Tc/c1-48(20-25-39-9-11-44(25)14-28(50)46(16-31(54)55)17-32(56)57,21-26-40-10-12-45(26)15-29(51)47(18-33(58)59)19-34(60)61)13-3-2-4-22(35(62)63)41-27(49)7-5-23(36(64)65)42-38(68)43-24(37(66)67)6-8-30(52)53;1-40(18-23-33-11-13-38(23)16-26(43)44,19-24-34-12-14-39(24)17-27(45)46)15-5-3-6-20(32)28(47)35-10-4-2-7-21(29(48)49)36-31(52)37-22(30(50)51)8-9-25(41)42;6*1-2;;/h9-12,22-24H,2-8,13-21H2,1H3,(H10-,41,42,43,49,52,53,54,55,56,57,58,59,60,61,62,63,64,65,66,67,68);11-14,20-22H,2-10,15-19,32H2,1H3,(H7-,35,36,37,41,42,43,44,45,46,47,48,49,50,51,52);;;;;;;;/p+2/t22-,23?,24?;20-,21?,22?;;;;;;;;/m10......../s1/i;;;;;;;;2*1+1. The molecule has 4 aromatic rings. The molecular weight excluding hydrogens is 1970 g/mol. The molecule has 0 aliphatic carbocycles. The van der Waals surface area contributed by atoms with Crippen LogP contribution in [0.3, 0.4) is 0 Å². The van der Waals surface area contributed by atoms with Gasteiger partial charge in [0.05, 0.1) is 33.2 Å². The molecule has 2 radical (unpaired) electrons. The monoisotopic (exact) mass is 2070 g/mol. The molecule has 6 atom stereocenters. The summed E-state index contributed by atoms with van der Waals surface area (Å²) < 4.78 is 51.0. The first-order chi connectivity index (χ1) is 62.3. The number of carboxylic acid groups (broad SMARTS) is 13. The number of hydrogen-bond donors (Lipinski definition) is 20. The second kappa shape index (κ2) is 72.7. The van der Waals surface area contributed by atoms with E-state index in [0.29, 0.717) is 71.2 Å². The first-order valence-corrected chi connectivity index (χ1v) is 38.1. The fourth-order valence-electron chi connectivity index (χ4n) is 12.0. The Morgan fingerprint density at radius 2 is 0.604 bits per heavy atom. The van der Waals surface area contributed by atoms with Gasteiger partial charge in [-0.2, -0.15) is 0 Å². The molecule has 4 rings (SSSR count). The van der Waals surface area contributed by atoms with Gasteiger partial charge in [0, 0.05) is 116 Å². The van der Waals surface area contributed by atoms with Gasteiger partial charge in [0.2, 0.25) is 23.6 Å². The maximum atomic E-state index is 13.1. The number of carboxylic acids is 13. The molecule has 0 saturated carbocycles. The second-order valence-corrected chi connectivity index (χ2v) is 28.1. The van der Waals surface area contributed by atoms with Crippen LogP contribution < -0.4 is 37.6 Å². The molecule has 4 aromatic heterocycles. The number of carbonyl (C=O) groups excluding carboxylic acids is 6. The predicted octanol–water partition coefficient (Wildman–Crippen LogP) is -4.17. The van der Waals surface area contributed by atoms with Gasteiger partial charge in [-0.1, -0.05) is 0 Å². The van der Waals surface area contributed by atoms with E-state index in [1.807, 2.05) is 17.7 Å². The number of aromatic nitrogens is 8. The molecule has 0 spiro atoms. The first kappa shape index (κ1) is 131. The third kappa shape index (κ3) is 56.5. The maximum absolute atomic E-state index is 13.1. The van der Waals surface area contributed by atoms with Crippen molar-refractivity contribution < 1.29 is 235 Å². The van der Waals surface area contributed by atoms with Gasteiger partial charge in [-0.05, 0) is 77.0 Å². The molecular formula is C75H101N19O38Tc2+2. The average Bonchev–Trinajstić information content (AvgIpc) is 1.67. The van der Waals surface area contributed by atoms with Crippen LogP contribution in [-0.2, 0) is 202 Å². The van der Waals surface area contributed by atoms with E-state index in [1.54, 1.807) is 19.4 Å². The van der Waals surface area contributed by atoms with Crippen molar-refractivity contribution in [2.45, 2.75) is 185 Å². The number of unbranched alkanes of at least 4 members (excludes halogenated alkanes) is 3. The molecule has 57 nitrogen and oxygen atoms in total. The Morgan fingerprint density at radius 1 is 0.351 bits per heavy atom. The summed E-state index contributed by atoms with van der Waals surface area (Å²) in [6.07, 6.45) is 10.7. The van der Waals surface area contributed by atoms with Crippen LogP contribution in [0.4, 0.5) is 9.59 Å². The molecule has 134 heavy (non-hydrogen) atoms. The van der Waals surface area contributed by atoms with Gasteiger partial charge in [0.15, 0.2) is 23.3 Å². The molecule has 21 N–H and O–H groups in total. The Labute approximate surface area is 787 Å². The third-order valence-electron chi connectivity index (χ3n) is 18.0. The summed E-state index contributed by atoms with van der Waals surface area (Å²) in [4.78, 5) is 243. The van der Waals surface area contributed by atoms with Crippen molar-refractivity contribution in [3.8, 4) is 0 Å². The molecule has 59 heteroatoms. The van der Waals surface area contributed by atoms with Crippen LogP contribution in [0.1, 0.15) is 120 Å². The van der Waals surface area contributed by atoms with Crippen molar-refractivity contribution in [3.05, 3.63) is 113 Å². The van der Waals surface area contributed by atoms with Gasteiger partial charge < -0.3 is 141 Å². The van der Waals surface area contributed by atoms with E-state index < -0.39 is 221 Å². The summed E-state index contributed by atoms with van der Waals surface area (Å²) >= 11 is 0. The number of nitrogens with one attached hydrogen (secondary N) is 6. The molecule has 0 bridgehead atoms. The van der Waals surface area contributed by atoms with E-state index in [-0.39, 0.29) is 134 Å². The third-order valence-corrected chi connectivity index (χ3v) is 18.0. The summed E-state index contributed by atoms with van der Waals surface area (Å²) in [5.41, 5.74) is 6.11. The van der Waals surface area contributed by atoms with Crippen LogP contribution in [0.25, 0.3) is 0 Å². The molecule has 0 aliphatic rings. The second-order valence-electron chi connectivity index (χ2n) is 28.1. The van der Waals surface area contributed by atoms with Crippen molar-refractivity contribution >= 4 is 113 Å². The molecule has 4 unspecified atom stereocenters. The molecule has 8 amide bonds. The fraction of sp³-hybridized carbons (Fsp3) is 0.507. The molecule has 736 valence electrons. The van der Waals surface area contributed by atoms with Gasteiger partial charge in [0.25, 0.3) is 0 Å². The van der Waals surface area contributed by atoms with Gasteiger partial charge in [0.1, 0.15) is 109 Å². The number of urea groups is 2. The molecule has 0 fully saturated rings. The quantitative estimate of drug-likeness (QED) is 0.00863. The van der Waals surface area contributed by atoms with Crippen LogP contribution in [-0.4, -0.2) is 333 Å². The van der Waals surface area contributed by atoms with Gasteiger partial charge in [-0.3, -0.25) is 57.5 Å². The van der Waals surface area contributed by atoms with Crippen molar-refractivity contribution in [1.29, 1.82) is 0 Å². The van der Waals surface area contributed by atoms with E-state index in [9.17, 15) is 142 Å². The van der Waals surface area contributed by atoms with E-state index in [4.69, 9.17) is 49.0 Å². The van der Waals surface area contributed by atoms with Crippen LogP contribution in [0.5, 0.6) is 0 Å². The van der Waals surface area contributed by atoms with Crippen molar-refractivity contribution in [2.75, 3.05) is 59.9 Å². The Hall–Kier alpha value is -14.0. The first-order valence-electron chi connectivity index (χ1n) is 38.1. The average molecular weight is 2070 g/mol. The van der Waals surface area contributed by atoms with E-state index in [1.165, 1.54) is 55.4 Å². The SMILES string of the molecule is C[N+](CCCC[C@@H](NC(=O)CCC(NC(=O)NC(CCC(=O)O)C(=O)O)C(=O)O)C(=O)O)(Cc1nccn1CC(=O)N(CC(=O)O)CC(=O)O)Cc1nccn1CC(=O)N(CC(=O)O)CC(=O)O.C[N+](CCCC[C@H](N)C(=O)NCCCCC(NC(=O)NC(CCC(=O)O)C(=O)O)C(=O)O)(Cc1nccn1CC(=O)O)Cc1nccn1CC(=O)O.[99Tc].[99Tc].[C-]#[O+].[C-]#[O+].[C-]#[O+].[C-]#[O+].[C-]#[O+].[C-]#[O+]. The molecule has 0 saturated heterocycles. The Kier molecular flexibility index (Phi) is 70.9. The van der Waals surface area contributed by atoms with Gasteiger partial charge in [-0.25, -0.2) is 53.5 Å². The Balaban J connectivity index is -0.000000556. The number of nitrogens with zero attached hydrogens (tertiary/aromatic N) is 12. The van der Waals surface area contributed by atoms with Gasteiger partial charge in [-0.15, -0.1) is 0 Å². The zero-order valence-electron chi connectivity index (χ0n) is 71.5. The number of imidazole rings is 4. The van der Waals surface area contributed by atoms with E-state index in [2.05, 4.69) is 81.1 Å². The normalized spacial score (nSPS) is 11.4. The fourth-order valence-corrected chi connectivity index (χ4v) is 12.0. The van der Waals surface area contributed by atoms with Crippen LogP contribution in [0, 0.1) is 39.9 Å². The van der Waals surface area contributed by atoms with Crippen molar-refractivity contribution in [2.24, 2.45) is 5.73 Å². The Bertz CT molecular complexity index is 4370. The predicted molar refractivity (Wildman–Crippen MR) is 422 cm³/mol. The number of carbonyl (C=O) groups is 19. The van der Waals surface area contributed by atoms with E-state index in [0.717, 1.165) is 0 Å². The number of rotatable bonds is 59. The summed E-state index contributed by atoms with van der Waals surface area (Å²) in [6, 6.07) is -11.0. The molecule has 0 aliphatic heterocycles.